The summed E-state index contributed by atoms with van der Waals surface area (Å²) >= 11 is 5.94. The van der Waals surface area contributed by atoms with E-state index in [2.05, 4.69) is 9.97 Å². The SMILES string of the molecule is CN1CN([C@H]2CCOC[C@@H]2O)C(=O)c2cc(Cc3ccc(Cl)nc3)c3cccnc3c21. The van der Waals surface area contributed by atoms with Gasteiger partial charge in [-0.05, 0) is 42.2 Å². The Morgan fingerprint density at radius 1 is 1.29 bits per heavy atom. The maximum atomic E-state index is 13.6. The molecule has 2 aromatic heterocycles. The van der Waals surface area contributed by atoms with E-state index in [9.17, 15) is 9.90 Å². The highest BCUT2D eigenvalue weighted by Crippen LogP contribution is 2.37. The molecule has 7 nitrogen and oxygen atoms in total. The zero-order valence-corrected chi connectivity index (χ0v) is 17.9. The number of carbonyl (C=O) groups excluding carboxylic acids is 1. The minimum atomic E-state index is -0.689. The van der Waals surface area contributed by atoms with Crippen LogP contribution < -0.4 is 4.90 Å². The molecule has 31 heavy (non-hydrogen) atoms. The molecule has 1 fully saturated rings. The molecule has 1 saturated heterocycles. The summed E-state index contributed by atoms with van der Waals surface area (Å²) in [6.45, 7) is 1.19. The van der Waals surface area contributed by atoms with Crippen molar-refractivity contribution in [3.8, 4) is 0 Å². The smallest absolute Gasteiger partial charge is 0.257 e. The highest BCUT2D eigenvalue weighted by Gasteiger charge is 2.38. The lowest BCUT2D eigenvalue weighted by atomic mass is 9.94. The van der Waals surface area contributed by atoms with Gasteiger partial charge in [0.1, 0.15) is 5.15 Å². The number of hydrogen-bond acceptors (Lipinski definition) is 6. The van der Waals surface area contributed by atoms with E-state index in [1.54, 1.807) is 23.4 Å². The molecule has 0 saturated carbocycles. The van der Waals surface area contributed by atoms with Crippen LogP contribution in [0.1, 0.15) is 27.9 Å². The van der Waals surface area contributed by atoms with Crippen molar-refractivity contribution in [2.45, 2.75) is 25.0 Å². The Bertz CT molecular complexity index is 1140. The van der Waals surface area contributed by atoms with Gasteiger partial charge in [-0.2, -0.15) is 0 Å². The van der Waals surface area contributed by atoms with Gasteiger partial charge in [-0.25, -0.2) is 4.98 Å². The fourth-order valence-electron chi connectivity index (χ4n) is 4.58. The van der Waals surface area contributed by atoms with Crippen LogP contribution in [-0.4, -0.2) is 65.0 Å². The number of aliphatic hydroxyl groups is 1. The quantitative estimate of drug-likeness (QED) is 0.633. The summed E-state index contributed by atoms with van der Waals surface area (Å²) in [6, 6.07) is 9.35. The summed E-state index contributed by atoms with van der Waals surface area (Å²) in [5.41, 5.74) is 4.25. The number of pyridine rings is 2. The van der Waals surface area contributed by atoms with Crippen LogP contribution >= 0.6 is 11.6 Å². The van der Waals surface area contributed by atoms with Gasteiger partial charge in [0.2, 0.25) is 0 Å². The minimum Gasteiger partial charge on any atom is -0.389 e. The number of hydrogen-bond donors (Lipinski definition) is 1. The summed E-state index contributed by atoms with van der Waals surface area (Å²) in [5, 5.41) is 11.9. The summed E-state index contributed by atoms with van der Waals surface area (Å²) < 4.78 is 5.36. The Morgan fingerprint density at radius 2 is 2.16 bits per heavy atom. The molecule has 0 unspecified atom stereocenters. The normalized spacial score (nSPS) is 21.5. The van der Waals surface area contributed by atoms with E-state index in [1.165, 1.54) is 0 Å². The maximum Gasteiger partial charge on any atom is 0.257 e. The van der Waals surface area contributed by atoms with E-state index in [0.29, 0.717) is 36.8 Å². The number of amides is 1. The Labute approximate surface area is 185 Å². The first-order chi connectivity index (χ1) is 15.0. The van der Waals surface area contributed by atoms with Gasteiger partial charge < -0.3 is 19.6 Å². The molecule has 0 aliphatic carbocycles. The number of ether oxygens (including phenoxy) is 1. The van der Waals surface area contributed by atoms with Crippen molar-refractivity contribution in [2.75, 3.05) is 31.8 Å². The molecular formula is C23H23ClN4O3. The Balaban J connectivity index is 1.61. The lowest BCUT2D eigenvalue weighted by Crippen LogP contribution is -2.56. The van der Waals surface area contributed by atoms with Crippen molar-refractivity contribution in [2.24, 2.45) is 0 Å². The van der Waals surface area contributed by atoms with Crippen molar-refractivity contribution in [1.82, 2.24) is 14.9 Å². The van der Waals surface area contributed by atoms with E-state index in [1.807, 2.05) is 36.2 Å². The Kier molecular flexibility index (Phi) is 5.25. The van der Waals surface area contributed by atoms with Gasteiger partial charge in [0.05, 0.1) is 42.2 Å². The van der Waals surface area contributed by atoms with Crippen LogP contribution in [0, 0.1) is 0 Å². The number of fused-ring (bicyclic) bond motifs is 3. The fraction of sp³-hybridized carbons (Fsp3) is 0.348. The van der Waals surface area contributed by atoms with Crippen LogP contribution in [0.3, 0.4) is 0 Å². The lowest BCUT2D eigenvalue weighted by Gasteiger charge is -2.43. The molecule has 2 aliphatic rings. The third-order valence-corrected chi connectivity index (χ3v) is 6.29. The molecule has 1 N–H and O–H groups in total. The predicted molar refractivity (Wildman–Crippen MR) is 118 cm³/mol. The van der Waals surface area contributed by atoms with Gasteiger partial charge in [-0.3, -0.25) is 9.78 Å². The number of anilines is 1. The molecule has 0 spiro atoms. The average Bonchev–Trinajstić information content (AvgIpc) is 2.78. The van der Waals surface area contributed by atoms with Crippen LogP contribution in [0.15, 0.2) is 42.7 Å². The van der Waals surface area contributed by atoms with Crippen molar-refractivity contribution >= 4 is 34.1 Å². The minimum absolute atomic E-state index is 0.0814. The zero-order valence-electron chi connectivity index (χ0n) is 17.2. The van der Waals surface area contributed by atoms with Crippen LogP contribution in [0.5, 0.6) is 0 Å². The van der Waals surface area contributed by atoms with Crippen molar-refractivity contribution < 1.29 is 14.6 Å². The Hall–Kier alpha value is -2.74. The molecule has 2 atom stereocenters. The van der Waals surface area contributed by atoms with E-state index in [-0.39, 0.29) is 18.6 Å². The first kappa shape index (κ1) is 20.2. The van der Waals surface area contributed by atoms with Gasteiger partial charge in [-0.15, -0.1) is 0 Å². The van der Waals surface area contributed by atoms with Crippen LogP contribution in [0.2, 0.25) is 5.15 Å². The van der Waals surface area contributed by atoms with Crippen LogP contribution in [0.4, 0.5) is 5.69 Å². The highest BCUT2D eigenvalue weighted by molar-refractivity contribution is 6.29. The van der Waals surface area contributed by atoms with Gasteiger partial charge in [-0.1, -0.05) is 23.7 Å². The van der Waals surface area contributed by atoms with E-state index < -0.39 is 6.10 Å². The monoisotopic (exact) mass is 438 g/mol. The van der Waals surface area contributed by atoms with Gasteiger partial charge in [0.25, 0.3) is 5.91 Å². The van der Waals surface area contributed by atoms with Crippen LogP contribution in [0.25, 0.3) is 10.9 Å². The number of rotatable bonds is 3. The van der Waals surface area contributed by atoms with Gasteiger partial charge in [0.15, 0.2) is 0 Å². The Morgan fingerprint density at radius 3 is 2.94 bits per heavy atom. The number of aliphatic hydroxyl groups excluding tert-OH is 1. The lowest BCUT2D eigenvalue weighted by molar-refractivity contribution is -0.0575. The summed E-state index contributed by atoms with van der Waals surface area (Å²) in [5.74, 6) is -0.0814. The number of carbonyl (C=O) groups is 1. The topological polar surface area (TPSA) is 78.8 Å². The van der Waals surface area contributed by atoms with Crippen molar-refractivity contribution in [3.05, 3.63) is 64.6 Å². The van der Waals surface area contributed by atoms with Crippen molar-refractivity contribution in [3.63, 3.8) is 0 Å². The number of aromatic nitrogens is 2. The maximum absolute atomic E-state index is 13.6. The summed E-state index contributed by atoms with van der Waals surface area (Å²) in [4.78, 5) is 26.2. The molecule has 1 aromatic carbocycles. The first-order valence-electron chi connectivity index (χ1n) is 10.3. The van der Waals surface area contributed by atoms with E-state index >= 15 is 0 Å². The summed E-state index contributed by atoms with van der Waals surface area (Å²) in [6.07, 6.45) is 4.04. The molecule has 5 rings (SSSR count). The summed E-state index contributed by atoms with van der Waals surface area (Å²) in [7, 11) is 1.96. The van der Waals surface area contributed by atoms with E-state index in [0.717, 1.165) is 27.7 Å². The molecule has 160 valence electrons. The fourth-order valence-corrected chi connectivity index (χ4v) is 4.69. The molecule has 0 radical (unpaired) electrons. The number of nitrogens with zero attached hydrogens (tertiary/aromatic N) is 4. The van der Waals surface area contributed by atoms with Crippen LogP contribution in [-0.2, 0) is 11.2 Å². The molecular weight excluding hydrogens is 416 g/mol. The average molecular weight is 439 g/mol. The second-order valence-electron chi connectivity index (χ2n) is 8.11. The highest BCUT2D eigenvalue weighted by atomic mass is 35.5. The van der Waals surface area contributed by atoms with Crippen molar-refractivity contribution in [1.29, 1.82) is 0 Å². The first-order valence-corrected chi connectivity index (χ1v) is 10.7. The zero-order chi connectivity index (χ0) is 21.5. The molecule has 4 heterocycles. The standard InChI is InChI=1S/C23H23ClN4O3/c1-27-13-28(18-6-8-31-12-19(18)29)23(30)17-10-15(9-14-4-5-20(24)26-11-14)16-3-2-7-25-21(16)22(17)27/h2-5,7,10-11,18-19,29H,6,8-9,12-13H2,1H3/t18-,19-/m0/s1. The number of benzene rings is 1. The largest absolute Gasteiger partial charge is 0.389 e. The molecule has 8 heteroatoms. The van der Waals surface area contributed by atoms with Gasteiger partial charge in [0, 0.05) is 31.4 Å². The second-order valence-corrected chi connectivity index (χ2v) is 8.50. The third-order valence-electron chi connectivity index (χ3n) is 6.06. The van der Waals surface area contributed by atoms with Gasteiger partial charge >= 0.3 is 0 Å². The molecule has 3 aromatic rings. The number of halogens is 1. The molecule has 2 aliphatic heterocycles. The third kappa shape index (κ3) is 3.63. The molecule has 1 amide bonds. The predicted octanol–water partition coefficient (Wildman–Crippen LogP) is 2.87. The second kappa shape index (κ2) is 8.07. The molecule has 0 bridgehead atoms. The van der Waals surface area contributed by atoms with E-state index in [4.69, 9.17) is 16.3 Å².